The van der Waals surface area contributed by atoms with Crippen molar-refractivity contribution in [2.45, 2.75) is 78.8 Å². The lowest BCUT2D eigenvalue weighted by atomic mass is 9.79. The first-order valence-electron chi connectivity index (χ1n) is 8.27. The van der Waals surface area contributed by atoms with Gasteiger partial charge in [-0.1, -0.05) is 41.5 Å². The molecule has 0 aromatic carbocycles. The average Bonchev–Trinajstić information content (AvgIpc) is 3.06. The second-order valence-electron chi connectivity index (χ2n) is 7.90. The zero-order valence-electron chi connectivity index (χ0n) is 14.1. The summed E-state index contributed by atoms with van der Waals surface area (Å²) < 4.78 is 0. The Morgan fingerprint density at radius 1 is 0.947 bits per heavy atom. The summed E-state index contributed by atoms with van der Waals surface area (Å²) in [5.41, 5.74) is 6.53. The average molecular weight is 268 g/mol. The molecule has 2 nitrogen and oxygen atoms in total. The van der Waals surface area contributed by atoms with Gasteiger partial charge < -0.3 is 5.73 Å². The van der Waals surface area contributed by atoms with E-state index < -0.39 is 0 Å². The Bertz CT molecular complexity index is 244. The molecule has 2 heteroatoms. The molecular formula is C17H36N2. The molecule has 1 aliphatic carbocycles. The van der Waals surface area contributed by atoms with Crippen LogP contribution in [0.15, 0.2) is 0 Å². The van der Waals surface area contributed by atoms with E-state index in [1.54, 1.807) is 0 Å². The van der Waals surface area contributed by atoms with Crippen LogP contribution in [0.2, 0.25) is 0 Å². The van der Waals surface area contributed by atoms with Crippen molar-refractivity contribution >= 4 is 0 Å². The molecule has 0 amide bonds. The van der Waals surface area contributed by atoms with Gasteiger partial charge in [-0.3, -0.25) is 4.90 Å². The molecule has 2 N–H and O–H groups in total. The Hall–Kier alpha value is -0.0800. The maximum Gasteiger partial charge on any atom is 0.0339 e. The first-order chi connectivity index (χ1) is 8.80. The highest BCUT2D eigenvalue weighted by Crippen LogP contribution is 2.39. The molecule has 0 aliphatic heterocycles. The number of rotatable bonds is 9. The molecule has 0 atom stereocenters. The lowest BCUT2D eigenvalue weighted by molar-refractivity contribution is 0.0353. The summed E-state index contributed by atoms with van der Waals surface area (Å²) in [4.78, 5) is 2.79. The van der Waals surface area contributed by atoms with Crippen molar-refractivity contribution in [2.24, 2.45) is 23.5 Å². The summed E-state index contributed by atoms with van der Waals surface area (Å²) in [5, 5.41) is 0. The predicted octanol–water partition coefficient (Wildman–Crippen LogP) is 3.90. The maximum absolute atomic E-state index is 6.30. The van der Waals surface area contributed by atoms with Crippen molar-refractivity contribution in [1.82, 2.24) is 4.90 Å². The van der Waals surface area contributed by atoms with Crippen LogP contribution in [-0.4, -0.2) is 29.6 Å². The SMILES string of the molecule is CC(C)CN(C1CC1)C(CN)(CC(C)C)CC(C)C. The Kier molecular flexibility index (Phi) is 6.32. The van der Waals surface area contributed by atoms with Gasteiger partial charge >= 0.3 is 0 Å². The van der Waals surface area contributed by atoms with Crippen LogP contribution < -0.4 is 5.73 Å². The summed E-state index contributed by atoms with van der Waals surface area (Å²) in [6, 6.07) is 0.809. The number of hydrogen-bond acceptors (Lipinski definition) is 2. The highest BCUT2D eigenvalue weighted by atomic mass is 15.3. The molecule has 1 fully saturated rings. The fraction of sp³-hybridized carbons (Fsp3) is 1.00. The summed E-state index contributed by atoms with van der Waals surface area (Å²) in [6.07, 6.45) is 5.24. The standard InChI is InChI=1S/C17H36N2/c1-13(2)9-17(12-18,10-14(3)4)19(11-15(5)6)16-7-8-16/h13-16H,7-12,18H2,1-6H3. The lowest BCUT2D eigenvalue weighted by Gasteiger charge is -2.47. The van der Waals surface area contributed by atoms with Gasteiger partial charge in [0.25, 0.3) is 0 Å². The van der Waals surface area contributed by atoms with Crippen molar-refractivity contribution in [3.63, 3.8) is 0 Å². The van der Waals surface area contributed by atoms with E-state index in [0.717, 1.165) is 30.3 Å². The van der Waals surface area contributed by atoms with E-state index in [4.69, 9.17) is 5.73 Å². The van der Waals surface area contributed by atoms with Gasteiger partial charge in [0.1, 0.15) is 0 Å². The zero-order chi connectivity index (χ0) is 14.6. The maximum atomic E-state index is 6.30. The van der Waals surface area contributed by atoms with Crippen molar-refractivity contribution in [3.8, 4) is 0 Å². The third-order valence-electron chi connectivity index (χ3n) is 4.12. The Morgan fingerprint density at radius 3 is 1.68 bits per heavy atom. The van der Waals surface area contributed by atoms with Crippen LogP contribution in [0.1, 0.15) is 67.2 Å². The van der Waals surface area contributed by atoms with Crippen molar-refractivity contribution < 1.29 is 0 Å². The molecule has 0 radical (unpaired) electrons. The molecule has 0 aromatic rings. The van der Waals surface area contributed by atoms with Gasteiger partial charge in [0.05, 0.1) is 0 Å². The number of hydrogen-bond donors (Lipinski definition) is 1. The van der Waals surface area contributed by atoms with Gasteiger partial charge in [-0.05, 0) is 43.4 Å². The lowest BCUT2D eigenvalue weighted by Crippen LogP contribution is -2.57. The molecule has 114 valence electrons. The predicted molar refractivity (Wildman–Crippen MR) is 85.3 cm³/mol. The quantitative estimate of drug-likeness (QED) is 0.687. The molecule has 1 saturated carbocycles. The monoisotopic (exact) mass is 268 g/mol. The molecule has 0 bridgehead atoms. The fourth-order valence-electron chi connectivity index (χ4n) is 3.63. The normalized spacial score (nSPS) is 17.2. The van der Waals surface area contributed by atoms with Crippen LogP contribution in [0.4, 0.5) is 0 Å². The van der Waals surface area contributed by atoms with Crippen molar-refractivity contribution in [2.75, 3.05) is 13.1 Å². The first kappa shape index (κ1) is 17.0. The second-order valence-corrected chi connectivity index (χ2v) is 7.90. The van der Waals surface area contributed by atoms with Gasteiger partial charge in [0, 0.05) is 24.7 Å². The smallest absolute Gasteiger partial charge is 0.0339 e. The van der Waals surface area contributed by atoms with Crippen LogP contribution in [0.25, 0.3) is 0 Å². The minimum Gasteiger partial charge on any atom is -0.329 e. The van der Waals surface area contributed by atoms with Crippen LogP contribution in [0.3, 0.4) is 0 Å². The summed E-state index contributed by atoms with van der Waals surface area (Å²) in [6.45, 7) is 16.0. The number of nitrogens with two attached hydrogens (primary N) is 1. The van der Waals surface area contributed by atoms with E-state index >= 15 is 0 Å². The summed E-state index contributed by atoms with van der Waals surface area (Å²) in [5.74, 6) is 2.16. The third-order valence-corrected chi connectivity index (χ3v) is 4.12. The second kappa shape index (κ2) is 7.08. The van der Waals surface area contributed by atoms with E-state index in [-0.39, 0.29) is 5.54 Å². The highest BCUT2D eigenvalue weighted by Gasteiger charge is 2.43. The van der Waals surface area contributed by atoms with Crippen molar-refractivity contribution in [3.05, 3.63) is 0 Å². The Balaban J connectivity index is 2.94. The van der Waals surface area contributed by atoms with E-state index in [2.05, 4.69) is 46.4 Å². The largest absolute Gasteiger partial charge is 0.329 e. The van der Waals surface area contributed by atoms with Crippen LogP contribution >= 0.6 is 0 Å². The molecule has 0 unspecified atom stereocenters. The third kappa shape index (κ3) is 5.07. The fourth-order valence-corrected chi connectivity index (χ4v) is 3.63. The van der Waals surface area contributed by atoms with Crippen LogP contribution in [0, 0.1) is 17.8 Å². The molecule has 1 aliphatic rings. The summed E-state index contributed by atoms with van der Waals surface area (Å²) in [7, 11) is 0. The van der Waals surface area contributed by atoms with Gasteiger partial charge in [-0.2, -0.15) is 0 Å². The molecule has 0 spiro atoms. The summed E-state index contributed by atoms with van der Waals surface area (Å²) >= 11 is 0. The minimum absolute atomic E-state index is 0.230. The van der Waals surface area contributed by atoms with E-state index in [9.17, 15) is 0 Å². The Morgan fingerprint density at radius 2 is 1.42 bits per heavy atom. The van der Waals surface area contributed by atoms with E-state index in [0.29, 0.717) is 0 Å². The minimum atomic E-state index is 0.230. The van der Waals surface area contributed by atoms with Gasteiger partial charge in [-0.25, -0.2) is 0 Å². The van der Waals surface area contributed by atoms with Gasteiger partial charge in [-0.15, -0.1) is 0 Å². The molecule has 1 rings (SSSR count). The van der Waals surface area contributed by atoms with Crippen molar-refractivity contribution in [1.29, 1.82) is 0 Å². The molecule has 19 heavy (non-hydrogen) atoms. The van der Waals surface area contributed by atoms with Gasteiger partial charge in [0.2, 0.25) is 0 Å². The van der Waals surface area contributed by atoms with Crippen LogP contribution in [-0.2, 0) is 0 Å². The van der Waals surface area contributed by atoms with Crippen LogP contribution in [0.5, 0.6) is 0 Å². The Labute approximate surface area is 121 Å². The van der Waals surface area contributed by atoms with E-state index in [1.807, 2.05) is 0 Å². The molecule has 0 heterocycles. The topological polar surface area (TPSA) is 29.3 Å². The van der Waals surface area contributed by atoms with E-state index in [1.165, 1.54) is 32.2 Å². The number of nitrogens with zero attached hydrogens (tertiary/aromatic N) is 1. The molecule has 0 saturated heterocycles. The molecule has 0 aromatic heterocycles. The molecular weight excluding hydrogens is 232 g/mol. The van der Waals surface area contributed by atoms with Gasteiger partial charge in [0.15, 0.2) is 0 Å². The first-order valence-corrected chi connectivity index (χ1v) is 8.27. The zero-order valence-corrected chi connectivity index (χ0v) is 14.1. The highest BCUT2D eigenvalue weighted by molar-refractivity contribution is 5.00.